The standard InChI is InChI=1S/C23H18ClN3O4/c1-14-11-20(12-15(2)21(14)24)30-13-16-3-5-18(6-4-16)23-25-22(26-31-23)17-7-9-19(10-8-17)27(28)29/h3-12H,13H2,1-2H3. The molecule has 3 aromatic carbocycles. The van der Waals surface area contributed by atoms with E-state index in [-0.39, 0.29) is 5.69 Å². The Bertz CT molecular complexity index is 1210. The molecule has 0 atom stereocenters. The molecule has 156 valence electrons. The van der Waals surface area contributed by atoms with Crippen LogP contribution in [0, 0.1) is 24.0 Å². The summed E-state index contributed by atoms with van der Waals surface area (Å²) in [5, 5.41) is 15.5. The Balaban J connectivity index is 1.44. The summed E-state index contributed by atoms with van der Waals surface area (Å²) in [4.78, 5) is 14.7. The molecule has 1 heterocycles. The predicted octanol–water partition coefficient (Wildman–Crippen LogP) is 6.16. The molecular formula is C23H18ClN3O4. The van der Waals surface area contributed by atoms with Crippen molar-refractivity contribution in [3.8, 4) is 28.6 Å². The van der Waals surface area contributed by atoms with E-state index >= 15 is 0 Å². The van der Waals surface area contributed by atoms with Gasteiger partial charge in [0.2, 0.25) is 5.82 Å². The van der Waals surface area contributed by atoms with E-state index < -0.39 is 4.92 Å². The van der Waals surface area contributed by atoms with Crippen LogP contribution in [-0.4, -0.2) is 15.1 Å². The molecule has 7 nitrogen and oxygen atoms in total. The molecule has 31 heavy (non-hydrogen) atoms. The topological polar surface area (TPSA) is 91.3 Å². The van der Waals surface area contributed by atoms with E-state index in [1.54, 1.807) is 12.1 Å². The Morgan fingerprint density at radius 1 is 1.00 bits per heavy atom. The molecule has 0 aliphatic carbocycles. The number of nitrogens with zero attached hydrogens (tertiary/aromatic N) is 3. The highest BCUT2D eigenvalue weighted by atomic mass is 35.5. The normalized spacial score (nSPS) is 10.8. The average molecular weight is 436 g/mol. The van der Waals surface area contributed by atoms with E-state index in [9.17, 15) is 10.1 Å². The lowest BCUT2D eigenvalue weighted by Gasteiger charge is -2.10. The number of hydrogen-bond acceptors (Lipinski definition) is 6. The third-order valence-electron chi connectivity index (χ3n) is 4.78. The van der Waals surface area contributed by atoms with E-state index in [0.717, 1.165) is 33.0 Å². The molecule has 4 aromatic rings. The van der Waals surface area contributed by atoms with Gasteiger partial charge < -0.3 is 9.26 Å². The smallest absolute Gasteiger partial charge is 0.269 e. The second-order valence-corrected chi connectivity index (χ2v) is 7.46. The maximum absolute atomic E-state index is 10.8. The summed E-state index contributed by atoms with van der Waals surface area (Å²) in [7, 11) is 0. The van der Waals surface area contributed by atoms with Crippen LogP contribution in [0.25, 0.3) is 22.8 Å². The van der Waals surface area contributed by atoms with Crippen molar-refractivity contribution in [2.24, 2.45) is 0 Å². The third-order valence-corrected chi connectivity index (χ3v) is 5.37. The third kappa shape index (κ3) is 4.57. The molecule has 0 N–H and O–H groups in total. The maximum atomic E-state index is 10.8. The summed E-state index contributed by atoms with van der Waals surface area (Å²) in [6.07, 6.45) is 0. The van der Waals surface area contributed by atoms with Crippen molar-refractivity contribution in [1.29, 1.82) is 0 Å². The number of aromatic nitrogens is 2. The minimum absolute atomic E-state index is 0.00852. The van der Waals surface area contributed by atoms with Crippen LogP contribution in [0.2, 0.25) is 5.02 Å². The number of hydrogen-bond donors (Lipinski definition) is 0. The minimum atomic E-state index is -0.452. The summed E-state index contributed by atoms with van der Waals surface area (Å²) >= 11 is 6.20. The number of benzene rings is 3. The first-order chi connectivity index (χ1) is 14.9. The Morgan fingerprint density at radius 2 is 1.61 bits per heavy atom. The summed E-state index contributed by atoms with van der Waals surface area (Å²) < 4.78 is 11.2. The number of halogens is 1. The Hall–Kier alpha value is -3.71. The zero-order valence-corrected chi connectivity index (χ0v) is 17.6. The number of nitro groups is 1. The average Bonchev–Trinajstić information content (AvgIpc) is 3.26. The van der Waals surface area contributed by atoms with Crippen molar-refractivity contribution in [3.05, 3.63) is 92.5 Å². The molecule has 0 aliphatic rings. The van der Waals surface area contributed by atoms with E-state index in [4.69, 9.17) is 20.9 Å². The van der Waals surface area contributed by atoms with E-state index in [1.807, 2.05) is 50.2 Å². The van der Waals surface area contributed by atoms with Crippen molar-refractivity contribution < 1.29 is 14.2 Å². The van der Waals surface area contributed by atoms with Crippen LogP contribution in [-0.2, 0) is 6.61 Å². The number of non-ortho nitro benzene ring substituents is 1. The number of rotatable bonds is 6. The van der Waals surface area contributed by atoms with Gasteiger partial charge in [-0.2, -0.15) is 4.98 Å². The molecule has 0 unspecified atom stereocenters. The first-order valence-corrected chi connectivity index (χ1v) is 9.86. The molecule has 0 amide bonds. The van der Waals surface area contributed by atoms with Crippen LogP contribution in [0.5, 0.6) is 5.75 Å². The van der Waals surface area contributed by atoms with Crippen molar-refractivity contribution in [3.63, 3.8) is 0 Å². The molecular weight excluding hydrogens is 418 g/mol. The Morgan fingerprint density at radius 3 is 2.23 bits per heavy atom. The molecule has 0 saturated heterocycles. The fraction of sp³-hybridized carbons (Fsp3) is 0.130. The Labute approximate surface area is 183 Å². The lowest BCUT2D eigenvalue weighted by atomic mass is 10.1. The molecule has 1 aromatic heterocycles. The van der Waals surface area contributed by atoms with Crippen LogP contribution in [0.15, 0.2) is 65.2 Å². The lowest BCUT2D eigenvalue weighted by molar-refractivity contribution is -0.384. The zero-order chi connectivity index (χ0) is 22.0. The first kappa shape index (κ1) is 20.6. The van der Waals surface area contributed by atoms with Crippen LogP contribution >= 0.6 is 11.6 Å². The van der Waals surface area contributed by atoms with Crippen molar-refractivity contribution in [1.82, 2.24) is 10.1 Å². The second-order valence-electron chi connectivity index (χ2n) is 7.08. The van der Waals surface area contributed by atoms with Crippen molar-refractivity contribution >= 4 is 17.3 Å². The van der Waals surface area contributed by atoms with Gasteiger partial charge in [0.25, 0.3) is 11.6 Å². The Kier molecular flexibility index (Phi) is 5.68. The fourth-order valence-electron chi connectivity index (χ4n) is 3.09. The molecule has 4 rings (SSSR count). The molecule has 0 fully saturated rings. The van der Waals surface area contributed by atoms with E-state index in [2.05, 4.69) is 10.1 Å². The molecule has 0 aliphatic heterocycles. The van der Waals surface area contributed by atoms with Gasteiger partial charge in [0.05, 0.1) is 4.92 Å². The minimum Gasteiger partial charge on any atom is -0.489 e. The van der Waals surface area contributed by atoms with Crippen molar-refractivity contribution in [2.45, 2.75) is 20.5 Å². The van der Waals surface area contributed by atoms with Crippen LogP contribution in [0.4, 0.5) is 5.69 Å². The second kappa shape index (κ2) is 8.57. The molecule has 0 bridgehead atoms. The lowest BCUT2D eigenvalue weighted by Crippen LogP contribution is -1.96. The number of ether oxygens (including phenoxy) is 1. The van der Waals surface area contributed by atoms with E-state index in [1.165, 1.54) is 12.1 Å². The van der Waals surface area contributed by atoms with Gasteiger partial charge in [0.15, 0.2) is 0 Å². The van der Waals surface area contributed by atoms with Crippen LogP contribution in [0.3, 0.4) is 0 Å². The van der Waals surface area contributed by atoms with Gasteiger partial charge in [-0.3, -0.25) is 10.1 Å². The van der Waals surface area contributed by atoms with E-state index in [0.29, 0.717) is 23.9 Å². The van der Waals surface area contributed by atoms with Gasteiger partial charge >= 0.3 is 0 Å². The van der Waals surface area contributed by atoms with Gasteiger partial charge in [-0.05, 0) is 66.9 Å². The number of nitro benzene ring substituents is 1. The molecule has 8 heteroatoms. The van der Waals surface area contributed by atoms with Gasteiger partial charge in [0, 0.05) is 28.3 Å². The monoisotopic (exact) mass is 435 g/mol. The maximum Gasteiger partial charge on any atom is 0.269 e. The summed E-state index contributed by atoms with van der Waals surface area (Å²) in [5.41, 5.74) is 4.36. The fourth-order valence-corrected chi connectivity index (χ4v) is 3.20. The summed E-state index contributed by atoms with van der Waals surface area (Å²) in [5.74, 6) is 1.50. The van der Waals surface area contributed by atoms with Gasteiger partial charge in [-0.1, -0.05) is 28.9 Å². The summed E-state index contributed by atoms with van der Waals surface area (Å²) in [6.45, 7) is 4.32. The molecule has 0 spiro atoms. The van der Waals surface area contributed by atoms with Crippen LogP contribution in [0.1, 0.15) is 16.7 Å². The van der Waals surface area contributed by atoms with Gasteiger partial charge in [-0.25, -0.2) is 0 Å². The molecule has 0 radical (unpaired) electrons. The zero-order valence-electron chi connectivity index (χ0n) is 16.8. The van der Waals surface area contributed by atoms with Gasteiger partial charge in [0.1, 0.15) is 12.4 Å². The predicted molar refractivity (Wildman–Crippen MR) is 117 cm³/mol. The largest absolute Gasteiger partial charge is 0.489 e. The number of aryl methyl sites for hydroxylation is 2. The van der Waals surface area contributed by atoms with Gasteiger partial charge in [-0.15, -0.1) is 0 Å². The van der Waals surface area contributed by atoms with Crippen LogP contribution < -0.4 is 4.74 Å². The highest BCUT2D eigenvalue weighted by Crippen LogP contribution is 2.27. The quantitative estimate of drug-likeness (QED) is 0.266. The van der Waals surface area contributed by atoms with Crippen molar-refractivity contribution in [2.75, 3.05) is 0 Å². The highest BCUT2D eigenvalue weighted by molar-refractivity contribution is 6.32. The SMILES string of the molecule is Cc1cc(OCc2ccc(-c3nc(-c4ccc([N+](=O)[O-])cc4)no3)cc2)cc(C)c1Cl. The first-order valence-electron chi connectivity index (χ1n) is 9.48. The summed E-state index contributed by atoms with van der Waals surface area (Å²) in [6, 6.07) is 17.5. The highest BCUT2D eigenvalue weighted by Gasteiger charge is 2.12. The molecule has 0 saturated carbocycles.